The number of carbonyl (C=O) groups excluding carboxylic acids is 2. The van der Waals surface area contributed by atoms with Gasteiger partial charge in [-0.2, -0.15) is 4.98 Å². The summed E-state index contributed by atoms with van der Waals surface area (Å²) in [5.74, 6) is -0.248. The fourth-order valence-corrected chi connectivity index (χ4v) is 4.43. The van der Waals surface area contributed by atoms with Crippen LogP contribution in [-0.4, -0.2) is 39.1 Å². The van der Waals surface area contributed by atoms with Gasteiger partial charge in [-0.05, 0) is 81.0 Å². The lowest BCUT2D eigenvalue weighted by Gasteiger charge is -2.16. The number of Topliss-reactive ketones (excluding diaryl/α,β-unsaturated/α-hetero) is 1. The summed E-state index contributed by atoms with van der Waals surface area (Å²) in [5.41, 5.74) is 1.47. The van der Waals surface area contributed by atoms with Crippen LogP contribution in [0.5, 0.6) is 5.75 Å². The first-order chi connectivity index (χ1) is 17.8. The maximum absolute atomic E-state index is 14.8. The van der Waals surface area contributed by atoms with Crippen LogP contribution in [0.1, 0.15) is 71.7 Å². The van der Waals surface area contributed by atoms with Crippen molar-refractivity contribution in [2.75, 3.05) is 0 Å². The van der Waals surface area contributed by atoms with Gasteiger partial charge in [0.15, 0.2) is 11.9 Å². The number of halogens is 1. The minimum Gasteiger partial charge on any atom is -0.476 e. The van der Waals surface area contributed by atoms with Gasteiger partial charge in [0, 0.05) is 17.0 Å². The molecule has 0 bridgehead atoms. The Balaban J connectivity index is 1.29. The summed E-state index contributed by atoms with van der Waals surface area (Å²) in [7, 11) is 0. The SMILES string of the molecule is C=C(C)[C@@H](Oc1ccc(C(=O)C2CC2)cc1)c1nc(-c2ccc(C(=O)N[C@@H]3CCC[C@H]3O)c(F)c2)no1. The highest BCUT2D eigenvalue weighted by molar-refractivity contribution is 5.99. The number of hydrogen-bond donors (Lipinski definition) is 2. The van der Waals surface area contributed by atoms with E-state index in [9.17, 15) is 19.1 Å². The molecule has 5 rings (SSSR count). The monoisotopic (exact) mass is 505 g/mol. The number of ether oxygens (including phenoxy) is 1. The molecule has 1 heterocycles. The Morgan fingerprint density at radius 3 is 2.54 bits per heavy atom. The van der Waals surface area contributed by atoms with Crippen molar-refractivity contribution in [2.45, 2.75) is 57.3 Å². The molecule has 0 aliphatic heterocycles. The molecule has 0 radical (unpaired) electrons. The molecule has 2 aliphatic rings. The molecule has 2 aromatic carbocycles. The van der Waals surface area contributed by atoms with Gasteiger partial charge in [-0.1, -0.05) is 17.8 Å². The zero-order valence-electron chi connectivity index (χ0n) is 20.4. The molecule has 1 aromatic heterocycles. The standard InChI is InChI=1S/C28H28FN3O5/c1-15(2)25(36-19-11-8-17(9-12-19)24(34)16-6-7-16)28-31-26(32-37-28)18-10-13-20(21(29)14-18)27(35)30-22-4-3-5-23(22)33/h8-14,16,22-23,25,33H,1,3-7H2,2H3,(H,30,35)/t22-,23-,25-/m1/s1. The fourth-order valence-electron chi connectivity index (χ4n) is 4.43. The maximum atomic E-state index is 14.8. The number of nitrogens with one attached hydrogen (secondary N) is 1. The van der Waals surface area contributed by atoms with E-state index in [2.05, 4.69) is 22.0 Å². The molecule has 2 aliphatic carbocycles. The predicted molar refractivity (Wildman–Crippen MR) is 132 cm³/mol. The van der Waals surface area contributed by atoms with Crippen molar-refractivity contribution in [1.29, 1.82) is 0 Å². The highest BCUT2D eigenvalue weighted by Gasteiger charge is 2.31. The molecule has 2 N–H and O–H groups in total. The average molecular weight is 506 g/mol. The number of carbonyl (C=O) groups is 2. The average Bonchev–Trinajstić information content (AvgIpc) is 3.49. The van der Waals surface area contributed by atoms with Crippen molar-refractivity contribution in [3.63, 3.8) is 0 Å². The maximum Gasteiger partial charge on any atom is 0.272 e. The number of aliphatic hydroxyl groups is 1. The smallest absolute Gasteiger partial charge is 0.272 e. The Bertz CT molecular complexity index is 1330. The van der Waals surface area contributed by atoms with Gasteiger partial charge in [0.2, 0.25) is 5.82 Å². The molecule has 2 fully saturated rings. The molecule has 9 heteroatoms. The molecule has 0 saturated heterocycles. The van der Waals surface area contributed by atoms with Crippen molar-refractivity contribution in [3.8, 4) is 17.1 Å². The third kappa shape index (κ3) is 5.46. The molecule has 1 amide bonds. The molecular weight excluding hydrogens is 477 g/mol. The Labute approximate surface area is 213 Å². The Morgan fingerprint density at radius 2 is 1.92 bits per heavy atom. The first-order valence-electron chi connectivity index (χ1n) is 12.4. The van der Waals surface area contributed by atoms with Crippen LogP contribution in [0.25, 0.3) is 11.4 Å². The number of aliphatic hydroxyl groups excluding tert-OH is 1. The van der Waals surface area contributed by atoms with E-state index in [0.29, 0.717) is 35.3 Å². The summed E-state index contributed by atoms with van der Waals surface area (Å²) < 4.78 is 26.2. The van der Waals surface area contributed by atoms with E-state index in [0.717, 1.165) is 19.3 Å². The van der Waals surface area contributed by atoms with Crippen molar-refractivity contribution in [3.05, 3.63) is 77.5 Å². The lowest BCUT2D eigenvalue weighted by atomic mass is 10.1. The predicted octanol–water partition coefficient (Wildman–Crippen LogP) is 4.81. The number of aromatic nitrogens is 2. The second-order valence-corrected chi connectivity index (χ2v) is 9.74. The molecule has 2 saturated carbocycles. The summed E-state index contributed by atoms with van der Waals surface area (Å²) in [5, 5.41) is 16.6. The van der Waals surface area contributed by atoms with Gasteiger partial charge < -0.3 is 19.7 Å². The topological polar surface area (TPSA) is 115 Å². The molecule has 192 valence electrons. The van der Waals surface area contributed by atoms with Crippen LogP contribution in [0.15, 0.2) is 59.1 Å². The molecule has 8 nitrogen and oxygen atoms in total. The summed E-state index contributed by atoms with van der Waals surface area (Å²) in [6, 6.07) is 10.6. The Kier molecular flexibility index (Phi) is 6.88. The summed E-state index contributed by atoms with van der Waals surface area (Å²) >= 11 is 0. The van der Waals surface area contributed by atoms with Gasteiger partial charge in [-0.15, -0.1) is 0 Å². The lowest BCUT2D eigenvalue weighted by molar-refractivity contribution is 0.0869. The summed E-state index contributed by atoms with van der Waals surface area (Å²) in [6.07, 6.45) is 2.61. The molecule has 0 spiro atoms. The van der Waals surface area contributed by atoms with Crippen molar-refractivity contribution < 1.29 is 28.3 Å². The van der Waals surface area contributed by atoms with Gasteiger partial charge >= 0.3 is 0 Å². The summed E-state index contributed by atoms with van der Waals surface area (Å²) in [6.45, 7) is 5.71. The van der Waals surface area contributed by atoms with Crippen LogP contribution in [0.2, 0.25) is 0 Å². The van der Waals surface area contributed by atoms with E-state index in [1.165, 1.54) is 18.2 Å². The molecule has 3 atom stereocenters. The number of nitrogens with zero attached hydrogens (tertiary/aromatic N) is 2. The number of hydrogen-bond acceptors (Lipinski definition) is 7. The minimum atomic E-state index is -0.751. The largest absolute Gasteiger partial charge is 0.476 e. The van der Waals surface area contributed by atoms with Gasteiger partial charge in [0.25, 0.3) is 11.8 Å². The van der Waals surface area contributed by atoms with Gasteiger partial charge in [-0.3, -0.25) is 9.59 Å². The lowest BCUT2D eigenvalue weighted by Crippen LogP contribution is -2.40. The molecule has 37 heavy (non-hydrogen) atoms. The highest BCUT2D eigenvalue weighted by atomic mass is 19.1. The number of ketones is 1. The third-order valence-corrected chi connectivity index (χ3v) is 6.72. The second-order valence-electron chi connectivity index (χ2n) is 9.74. The Hall–Kier alpha value is -3.85. The van der Waals surface area contributed by atoms with Crippen LogP contribution in [0.4, 0.5) is 4.39 Å². The summed E-state index contributed by atoms with van der Waals surface area (Å²) in [4.78, 5) is 29.1. The van der Waals surface area contributed by atoms with Crippen molar-refractivity contribution in [2.24, 2.45) is 5.92 Å². The normalized spacial score (nSPS) is 19.9. The fraction of sp³-hybridized carbons (Fsp3) is 0.357. The number of amides is 1. The van der Waals surface area contributed by atoms with E-state index in [-0.39, 0.29) is 35.0 Å². The number of benzene rings is 2. The Morgan fingerprint density at radius 1 is 1.16 bits per heavy atom. The van der Waals surface area contributed by atoms with E-state index < -0.39 is 23.9 Å². The van der Waals surface area contributed by atoms with E-state index in [1.54, 1.807) is 31.2 Å². The molecular formula is C28H28FN3O5. The van der Waals surface area contributed by atoms with E-state index in [1.807, 2.05) is 0 Å². The zero-order valence-corrected chi connectivity index (χ0v) is 20.4. The van der Waals surface area contributed by atoms with Crippen LogP contribution in [0.3, 0.4) is 0 Å². The number of rotatable bonds is 9. The van der Waals surface area contributed by atoms with Crippen molar-refractivity contribution in [1.82, 2.24) is 15.5 Å². The zero-order chi connectivity index (χ0) is 26.1. The van der Waals surface area contributed by atoms with Crippen LogP contribution in [-0.2, 0) is 0 Å². The van der Waals surface area contributed by atoms with Gasteiger partial charge in [0.1, 0.15) is 11.6 Å². The van der Waals surface area contributed by atoms with Crippen LogP contribution in [0, 0.1) is 11.7 Å². The first kappa shape index (κ1) is 24.8. The minimum absolute atomic E-state index is 0.127. The van der Waals surface area contributed by atoms with Crippen molar-refractivity contribution >= 4 is 11.7 Å². The van der Waals surface area contributed by atoms with E-state index in [4.69, 9.17) is 9.26 Å². The first-order valence-corrected chi connectivity index (χ1v) is 12.4. The van der Waals surface area contributed by atoms with Gasteiger partial charge in [-0.25, -0.2) is 4.39 Å². The van der Waals surface area contributed by atoms with Crippen LogP contribution >= 0.6 is 0 Å². The quantitative estimate of drug-likeness (QED) is 0.317. The molecule has 3 aromatic rings. The highest BCUT2D eigenvalue weighted by Crippen LogP contribution is 2.34. The van der Waals surface area contributed by atoms with Gasteiger partial charge in [0.05, 0.1) is 17.7 Å². The molecule has 0 unspecified atom stereocenters. The third-order valence-electron chi connectivity index (χ3n) is 6.72. The van der Waals surface area contributed by atoms with Crippen LogP contribution < -0.4 is 10.1 Å². The second kappa shape index (κ2) is 10.3. The van der Waals surface area contributed by atoms with E-state index >= 15 is 0 Å².